The Morgan fingerprint density at radius 2 is 1.51 bits per heavy atom. The summed E-state index contributed by atoms with van der Waals surface area (Å²) in [6, 6.07) is 22.8. The number of hydrogen-bond donors (Lipinski definition) is 1. The second kappa shape index (κ2) is 13.5. The number of carbonyl (C=O) groups excluding carboxylic acids is 2. The van der Waals surface area contributed by atoms with Gasteiger partial charge < -0.3 is 10.2 Å². The molecule has 0 aliphatic carbocycles. The van der Waals surface area contributed by atoms with Gasteiger partial charge in [-0.25, -0.2) is 8.42 Å². The first-order valence-electron chi connectivity index (χ1n) is 13.6. The molecule has 0 radical (unpaired) electrons. The van der Waals surface area contributed by atoms with Crippen LogP contribution in [0.25, 0.3) is 0 Å². The molecule has 2 amide bonds. The maximum absolute atomic E-state index is 14.3. The van der Waals surface area contributed by atoms with Gasteiger partial charge in [-0.15, -0.1) is 0 Å². The summed E-state index contributed by atoms with van der Waals surface area (Å²) in [5, 5.41) is 3.52. The van der Waals surface area contributed by atoms with Crippen molar-refractivity contribution in [1.82, 2.24) is 10.2 Å². The molecule has 1 N–H and O–H groups in total. The lowest BCUT2D eigenvalue weighted by molar-refractivity contribution is -0.140. The maximum Gasteiger partial charge on any atom is 0.244 e. The topological polar surface area (TPSA) is 86.8 Å². The highest BCUT2D eigenvalue weighted by atomic mass is 35.5. The lowest BCUT2D eigenvalue weighted by Gasteiger charge is -2.35. The third-order valence-electron chi connectivity index (χ3n) is 6.52. The van der Waals surface area contributed by atoms with Gasteiger partial charge in [0.25, 0.3) is 0 Å². The van der Waals surface area contributed by atoms with E-state index in [-0.39, 0.29) is 24.8 Å². The number of rotatable bonds is 11. The number of para-hydroxylation sites is 1. The predicted octanol–water partition coefficient (Wildman–Crippen LogP) is 5.78. The first-order valence-corrected chi connectivity index (χ1v) is 15.8. The van der Waals surface area contributed by atoms with Crippen molar-refractivity contribution in [1.29, 1.82) is 0 Å². The average molecular weight is 598 g/mol. The molecule has 0 saturated heterocycles. The smallest absolute Gasteiger partial charge is 0.244 e. The van der Waals surface area contributed by atoms with E-state index < -0.39 is 34.1 Å². The van der Waals surface area contributed by atoms with Crippen LogP contribution in [0.3, 0.4) is 0 Å². The Hall–Kier alpha value is -3.36. The van der Waals surface area contributed by atoms with Gasteiger partial charge in [0.05, 0.1) is 11.9 Å². The minimum Gasteiger partial charge on any atom is -0.350 e. The van der Waals surface area contributed by atoms with Crippen molar-refractivity contribution in [2.24, 2.45) is 0 Å². The van der Waals surface area contributed by atoms with E-state index in [9.17, 15) is 18.0 Å². The second-order valence-electron chi connectivity index (χ2n) is 11.6. The molecule has 0 aliphatic rings. The van der Waals surface area contributed by atoms with E-state index in [0.29, 0.717) is 10.7 Å². The standard InChI is InChI=1S/C32H40ClN3O4S/c1-23(2)27-17-10-11-18-28(27)36(41(6,39)40)22-30(37)35(21-25-15-12-16-26(33)19-25)29(31(38)34-32(3,4)5)20-24-13-8-7-9-14-24/h7-19,23,29H,20-22H2,1-6H3,(H,34,38)/t29-/m0/s1. The minimum absolute atomic E-state index is 0.0245. The van der Waals surface area contributed by atoms with Crippen molar-refractivity contribution in [2.45, 2.75) is 65.1 Å². The molecule has 0 spiro atoms. The van der Waals surface area contributed by atoms with Crippen LogP contribution in [0.1, 0.15) is 57.2 Å². The van der Waals surface area contributed by atoms with Crippen molar-refractivity contribution in [3.8, 4) is 0 Å². The number of benzene rings is 3. The fourth-order valence-electron chi connectivity index (χ4n) is 4.64. The summed E-state index contributed by atoms with van der Waals surface area (Å²) in [6.07, 6.45) is 1.34. The van der Waals surface area contributed by atoms with Crippen LogP contribution < -0.4 is 9.62 Å². The Labute approximate surface area is 249 Å². The van der Waals surface area contributed by atoms with Crippen LogP contribution in [0.15, 0.2) is 78.9 Å². The van der Waals surface area contributed by atoms with Gasteiger partial charge in [0.1, 0.15) is 12.6 Å². The highest BCUT2D eigenvalue weighted by Crippen LogP contribution is 2.29. The largest absolute Gasteiger partial charge is 0.350 e. The SMILES string of the molecule is CC(C)c1ccccc1N(CC(=O)N(Cc1cccc(Cl)c1)[C@@H](Cc1ccccc1)C(=O)NC(C)(C)C)S(C)(=O)=O. The van der Waals surface area contributed by atoms with E-state index in [2.05, 4.69) is 5.32 Å². The number of amides is 2. The van der Waals surface area contributed by atoms with Crippen molar-refractivity contribution < 1.29 is 18.0 Å². The fourth-order valence-corrected chi connectivity index (χ4v) is 5.72. The Balaban J connectivity index is 2.11. The molecule has 7 nitrogen and oxygen atoms in total. The number of anilines is 1. The molecule has 41 heavy (non-hydrogen) atoms. The Kier molecular flexibility index (Phi) is 10.6. The van der Waals surface area contributed by atoms with Gasteiger partial charge in [-0.3, -0.25) is 13.9 Å². The molecule has 3 rings (SSSR count). The number of sulfonamides is 1. The molecule has 0 unspecified atom stereocenters. The van der Waals surface area contributed by atoms with Crippen LogP contribution >= 0.6 is 11.6 Å². The quantitative estimate of drug-likeness (QED) is 0.303. The number of hydrogen-bond acceptors (Lipinski definition) is 4. The Bertz CT molecular complexity index is 1450. The molecule has 0 aromatic heterocycles. The normalized spacial score (nSPS) is 12.6. The third kappa shape index (κ3) is 9.33. The zero-order valence-electron chi connectivity index (χ0n) is 24.6. The number of halogens is 1. The van der Waals surface area contributed by atoms with Crippen molar-refractivity contribution >= 4 is 39.1 Å². The van der Waals surface area contributed by atoms with Crippen LogP contribution in [0.5, 0.6) is 0 Å². The Morgan fingerprint density at radius 3 is 2.10 bits per heavy atom. The Morgan fingerprint density at radius 1 is 0.902 bits per heavy atom. The molecule has 3 aromatic carbocycles. The highest BCUT2D eigenvalue weighted by molar-refractivity contribution is 7.92. The molecule has 3 aromatic rings. The van der Waals surface area contributed by atoms with Crippen molar-refractivity contribution in [3.05, 3.63) is 101 Å². The lowest BCUT2D eigenvalue weighted by Crippen LogP contribution is -2.56. The van der Waals surface area contributed by atoms with Crippen LogP contribution in [-0.2, 0) is 32.6 Å². The number of carbonyl (C=O) groups is 2. The average Bonchev–Trinajstić information content (AvgIpc) is 2.88. The van der Waals surface area contributed by atoms with Gasteiger partial charge in [-0.2, -0.15) is 0 Å². The zero-order chi connectivity index (χ0) is 30.4. The molecule has 9 heteroatoms. The second-order valence-corrected chi connectivity index (χ2v) is 13.9. The number of nitrogens with zero attached hydrogens (tertiary/aromatic N) is 2. The summed E-state index contributed by atoms with van der Waals surface area (Å²) in [5.74, 6) is -0.805. The summed E-state index contributed by atoms with van der Waals surface area (Å²) >= 11 is 6.27. The van der Waals surface area contributed by atoms with Gasteiger partial charge in [-0.05, 0) is 61.6 Å². The molecule has 220 valence electrons. The number of nitrogens with one attached hydrogen (secondary N) is 1. The van der Waals surface area contributed by atoms with E-state index >= 15 is 0 Å². The molecule has 1 atom stereocenters. The van der Waals surface area contributed by atoms with Gasteiger partial charge in [0.15, 0.2) is 0 Å². The van der Waals surface area contributed by atoms with E-state index in [1.807, 2.05) is 83.1 Å². The third-order valence-corrected chi connectivity index (χ3v) is 7.88. The first-order chi connectivity index (χ1) is 19.2. The van der Waals surface area contributed by atoms with Crippen LogP contribution in [0, 0.1) is 0 Å². The highest BCUT2D eigenvalue weighted by Gasteiger charge is 2.34. The van der Waals surface area contributed by atoms with E-state index in [1.54, 1.807) is 30.3 Å². The van der Waals surface area contributed by atoms with Gasteiger partial charge in [0, 0.05) is 23.5 Å². The maximum atomic E-state index is 14.3. The fraction of sp³-hybridized carbons (Fsp3) is 0.375. The van der Waals surface area contributed by atoms with Crippen LogP contribution in [-0.4, -0.2) is 49.5 Å². The zero-order valence-corrected chi connectivity index (χ0v) is 26.2. The molecule has 0 fully saturated rings. The summed E-state index contributed by atoms with van der Waals surface area (Å²) in [5.41, 5.74) is 2.29. The minimum atomic E-state index is -3.85. The van der Waals surface area contributed by atoms with Gasteiger partial charge in [-0.1, -0.05) is 86.1 Å². The molecule has 0 bridgehead atoms. The van der Waals surface area contributed by atoms with E-state index in [0.717, 1.165) is 27.3 Å². The van der Waals surface area contributed by atoms with E-state index in [1.165, 1.54) is 4.90 Å². The summed E-state index contributed by atoms with van der Waals surface area (Å²) in [6.45, 7) is 9.18. The lowest BCUT2D eigenvalue weighted by atomic mass is 10.00. The first kappa shape index (κ1) is 32.2. The molecular formula is C32H40ClN3O4S. The van der Waals surface area contributed by atoms with Crippen LogP contribution in [0.2, 0.25) is 5.02 Å². The monoisotopic (exact) mass is 597 g/mol. The van der Waals surface area contributed by atoms with E-state index in [4.69, 9.17) is 11.6 Å². The van der Waals surface area contributed by atoms with Crippen molar-refractivity contribution in [3.63, 3.8) is 0 Å². The molecule has 0 heterocycles. The molecule has 0 aliphatic heterocycles. The summed E-state index contributed by atoms with van der Waals surface area (Å²) < 4.78 is 27.4. The van der Waals surface area contributed by atoms with Gasteiger partial charge in [0.2, 0.25) is 21.8 Å². The van der Waals surface area contributed by atoms with Gasteiger partial charge >= 0.3 is 0 Å². The molecular weight excluding hydrogens is 558 g/mol. The summed E-state index contributed by atoms with van der Waals surface area (Å²) in [4.78, 5) is 29.5. The van der Waals surface area contributed by atoms with Crippen LogP contribution in [0.4, 0.5) is 5.69 Å². The predicted molar refractivity (Wildman–Crippen MR) is 167 cm³/mol. The van der Waals surface area contributed by atoms with Crippen molar-refractivity contribution in [2.75, 3.05) is 17.1 Å². The summed E-state index contributed by atoms with van der Waals surface area (Å²) in [7, 11) is -3.85. The molecule has 0 saturated carbocycles.